The van der Waals surface area contributed by atoms with Crippen molar-refractivity contribution < 1.29 is 8.87 Å². The Morgan fingerprint density at radius 1 is 1.15 bits per heavy atom. The number of aromatic nitrogens is 3. The van der Waals surface area contributed by atoms with Gasteiger partial charge in [-0.15, -0.1) is 0 Å². The molecule has 3 rings (SSSR count). The number of nitrogens with one attached hydrogen (secondary N) is 1. The molecule has 0 aliphatic rings. The van der Waals surface area contributed by atoms with E-state index in [0.717, 1.165) is 36.2 Å². The lowest BCUT2D eigenvalue weighted by Crippen LogP contribution is -2.46. The van der Waals surface area contributed by atoms with Crippen molar-refractivity contribution in [3.8, 4) is 0 Å². The van der Waals surface area contributed by atoms with E-state index in [2.05, 4.69) is 42.2 Å². The number of hydrogen-bond acceptors (Lipinski definition) is 3. The van der Waals surface area contributed by atoms with Gasteiger partial charge in [0.2, 0.25) is 0 Å². The molecule has 5 nitrogen and oxygen atoms in total. The van der Waals surface area contributed by atoms with Crippen molar-refractivity contribution in [2.75, 3.05) is 25.0 Å². The van der Waals surface area contributed by atoms with Gasteiger partial charge in [0.25, 0.3) is 0 Å². The summed E-state index contributed by atoms with van der Waals surface area (Å²) in [6.07, 6.45) is 3.46. The van der Waals surface area contributed by atoms with Crippen molar-refractivity contribution in [2.45, 2.75) is 27.3 Å². The summed E-state index contributed by atoms with van der Waals surface area (Å²) in [6.45, 7) is 10.8. The van der Waals surface area contributed by atoms with Gasteiger partial charge in [0.05, 0.1) is 24.7 Å². The zero-order chi connectivity index (χ0) is 18.7. The van der Waals surface area contributed by atoms with Crippen LogP contribution in [0.2, 0.25) is 5.02 Å². The highest BCUT2D eigenvalue weighted by atomic mass is 35.5. The van der Waals surface area contributed by atoms with Crippen LogP contribution in [0.5, 0.6) is 0 Å². The van der Waals surface area contributed by atoms with E-state index < -0.39 is 5.82 Å². The molecule has 0 saturated carbocycles. The fourth-order valence-corrected chi connectivity index (χ4v) is 3.50. The lowest BCUT2D eigenvalue weighted by atomic mass is 10.2. The summed E-state index contributed by atoms with van der Waals surface area (Å²) < 4.78 is 16.2. The SMILES string of the molecule is CC[N+](CC)(CC)Cc1ccn2ncnc(Nc3ccc(F)c(Cl)c3)c12. The summed E-state index contributed by atoms with van der Waals surface area (Å²) in [6, 6.07) is 6.64. The highest BCUT2D eigenvalue weighted by molar-refractivity contribution is 6.31. The van der Waals surface area contributed by atoms with E-state index in [0.29, 0.717) is 11.5 Å². The molecule has 3 aromatic rings. The van der Waals surface area contributed by atoms with Gasteiger partial charge in [-0.3, -0.25) is 0 Å². The molecule has 2 aromatic heterocycles. The minimum atomic E-state index is -0.440. The van der Waals surface area contributed by atoms with E-state index in [1.165, 1.54) is 18.0 Å². The fraction of sp³-hybridized carbons (Fsp3) is 0.368. The van der Waals surface area contributed by atoms with Crippen LogP contribution >= 0.6 is 11.6 Å². The number of halogens is 2. The molecule has 0 bridgehead atoms. The summed E-state index contributed by atoms with van der Waals surface area (Å²) in [7, 11) is 0. The average Bonchev–Trinajstić information content (AvgIpc) is 3.07. The Kier molecular flexibility index (Phi) is 5.44. The molecule has 0 aliphatic carbocycles. The van der Waals surface area contributed by atoms with E-state index in [1.54, 1.807) is 12.1 Å². The first-order chi connectivity index (χ1) is 12.5. The Balaban J connectivity index is 2.01. The third kappa shape index (κ3) is 3.52. The van der Waals surface area contributed by atoms with Gasteiger partial charge in [-0.2, -0.15) is 5.10 Å². The van der Waals surface area contributed by atoms with E-state index >= 15 is 0 Å². The topological polar surface area (TPSA) is 42.2 Å². The molecule has 0 amide bonds. The zero-order valence-electron chi connectivity index (χ0n) is 15.3. The molecule has 0 radical (unpaired) electrons. The van der Waals surface area contributed by atoms with Crippen LogP contribution in [0.25, 0.3) is 5.52 Å². The Bertz CT molecular complexity index is 896. The molecule has 0 aliphatic heterocycles. The Morgan fingerprint density at radius 3 is 2.54 bits per heavy atom. The summed E-state index contributed by atoms with van der Waals surface area (Å²) in [4.78, 5) is 4.41. The van der Waals surface area contributed by atoms with Crippen LogP contribution in [-0.4, -0.2) is 38.7 Å². The number of benzene rings is 1. The van der Waals surface area contributed by atoms with Crippen molar-refractivity contribution in [1.82, 2.24) is 14.6 Å². The van der Waals surface area contributed by atoms with E-state index in [1.807, 2.05) is 10.7 Å². The third-order valence-corrected chi connectivity index (χ3v) is 5.53. The largest absolute Gasteiger partial charge is 0.338 e. The average molecular weight is 377 g/mol. The van der Waals surface area contributed by atoms with Gasteiger partial charge in [0.15, 0.2) is 5.82 Å². The molecule has 138 valence electrons. The second kappa shape index (κ2) is 7.60. The predicted octanol–water partition coefficient (Wildman–Crippen LogP) is 4.64. The van der Waals surface area contributed by atoms with E-state index in [9.17, 15) is 4.39 Å². The molecule has 0 spiro atoms. The number of nitrogens with zero attached hydrogens (tertiary/aromatic N) is 4. The number of hydrogen-bond donors (Lipinski definition) is 1. The quantitative estimate of drug-likeness (QED) is 0.611. The minimum absolute atomic E-state index is 0.0781. The molecule has 26 heavy (non-hydrogen) atoms. The Hall–Kier alpha value is -2.18. The van der Waals surface area contributed by atoms with E-state index in [-0.39, 0.29) is 5.02 Å². The summed E-state index contributed by atoms with van der Waals surface area (Å²) >= 11 is 5.90. The van der Waals surface area contributed by atoms with Crippen LogP contribution in [0, 0.1) is 5.82 Å². The van der Waals surface area contributed by atoms with Gasteiger partial charge in [-0.1, -0.05) is 11.6 Å². The molecular weight excluding hydrogens is 353 g/mol. The van der Waals surface area contributed by atoms with Crippen LogP contribution in [0.1, 0.15) is 26.3 Å². The lowest BCUT2D eigenvalue weighted by Gasteiger charge is -2.35. The molecule has 0 atom stereocenters. The second-order valence-corrected chi connectivity index (χ2v) is 6.85. The van der Waals surface area contributed by atoms with Gasteiger partial charge in [0.1, 0.15) is 24.2 Å². The van der Waals surface area contributed by atoms with Crippen molar-refractivity contribution in [1.29, 1.82) is 0 Å². The molecular formula is C19H24ClFN5+. The summed E-state index contributed by atoms with van der Waals surface area (Å²) in [5, 5.41) is 7.65. The van der Waals surface area contributed by atoms with Gasteiger partial charge in [0, 0.05) is 17.4 Å². The molecule has 7 heteroatoms. The monoisotopic (exact) mass is 376 g/mol. The Labute approximate surface area is 158 Å². The zero-order valence-corrected chi connectivity index (χ0v) is 16.1. The van der Waals surface area contributed by atoms with Gasteiger partial charge in [-0.05, 0) is 45.0 Å². The highest BCUT2D eigenvalue weighted by Crippen LogP contribution is 2.27. The molecule has 2 heterocycles. The minimum Gasteiger partial charge on any atom is -0.338 e. The summed E-state index contributed by atoms with van der Waals surface area (Å²) in [5.41, 5.74) is 2.81. The van der Waals surface area contributed by atoms with Crippen molar-refractivity contribution in [3.63, 3.8) is 0 Å². The number of rotatable bonds is 7. The van der Waals surface area contributed by atoms with Crippen molar-refractivity contribution >= 4 is 28.6 Å². The smallest absolute Gasteiger partial charge is 0.158 e. The van der Waals surface area contributed by atoms with Crippen LogP contribution in [0.15, 0.2) is 36.8 Å². The first-order valence-electron chi connectivity index (χ1n) is 8.90. The maximum absolute atomic E-state index is 13.4. The fourth-order valence-electron chi connectivity index (χ4n) is 3.32. The maximum Gasteiger partial charge on any atom is 0.158 e. The first-order valence-corrected chi connectivity index (χ1v) is 9.28. The normalized spacial score (nSPS) is 11.9. The molecule has 0 saturated heterocycles. The van der Waals surface area contributed by atoms with Crippen molar-refractivity contribution in [2.24, 2.45) is 0 Å². The van der Waals surface area contributed by atoms with Crippen LogP contribution in [-0.2, 0) is 6.54 Å². The summed E-state index contributed by atoms with van der Waals surface area (Å²) in [5.74, 6) is 0.244. The van der Waals surface area contributed by atoms with Gasteiger partial charge < -0.3 is 9.80 Å². The number of anilines is 2. The molecule has 1 aromatic carbocycles. The molecule has 0 unspecified atom stereocenters. The van der Waals surface area contributed by atoms with Crippen LogP contribution in [0.3, 0.4) is 0 Å². The van der Waals surface area contributed by atoms with Crippen LogP contribution < -0.4 is 5.32 Å². The van der Waals surface area contributed by atoms with E-state index in [4.69, 9.17) is 11.6 Å². The second-order valence-electron chi connectivity index (χ2n) is 6.45. The van der Waals surface area contributed by atoms with Crippen LogP contribution in [0.4, 0.5) is 15.9 Å². The van der Waals surface area contributed by atoms with Gasteiger partial charge in [-0.25, -0.2) is 13.9 Å². The molecule has 1 N–H and O–H groups in total. The third-order valence-electron chi connectivity index (χ3n) is 5.24. The number of fused-ring (bicyclic) bond motifs is 1. The van der Waals surface area contributed by atoms with Crippen molar-refractivity contribution in [3.05, 3.63) is 53.2 Å². The number of quaternary nitrogens is 1. The lowest BCUT2D eigenvalue weighted by molar-refractivity contribution is -0.936. The maximum atomic E-state index is 13.4. The standard InChI is InChI=1S/C19H24ClFN5/c1-4-26(5-2,6-3)12-14-9-10-25-18(14)19(22-13-23-25)24-15-7-8-17(21)16(20)11-15/h7-11,13H,4-6,12H2,1-3H3,(H,22,23,24)/q+1. The predicted molar refractivity (Wildman–Crippen MR) is 103 cm³/mol. The Morgan fingerprint density at radius 2 is 1.88 bits per heavy atom. The highest BCUT2D eigenvalue weighted by Gasteiger charge is 2.24. The van der Waals surface area contributed by atoms with Gasteiger partial charge >= 0.3 is 0 Å². The molecule has 0 fully saturated rings. The first kappa shape index (κ1) is 18.6.